The minimum Gasteiger partial charge on any atom is -0.444 e. The van der Waals surface area contributed by atoms with Gasteiger partial charge in [0.2, 0.25) is 0 Å². The molecule has 2 aliphatic rings. The molecule has 0 saturated carbocycles. The number of carbonyl (C=O) groups is 1. The molecular formula is C17H28BN3O4. The summed E-state index contributed by atoms with van der Waals surface area (Å²) in [5.41, 5.74) is -0.483. The van der Waals surface area contributed by atoms with Crippen molar-refractivity contribution in [2.45, 2.75) is 71.3 Å². The largest absolute Gasteiger partial charge is 0.516 e. The van der Waals surface area contributed by atoms with Crippen molar-refractivity contribution in [3.63, 3.8) is 0 Å². The van der Waals surface area contributed by atoms with E-state index >= 15 is 0 Å². The Bertz CT molecular complexity index is 643. The summed E-state index contributed by atoms with van der Waals surface area (Å²) in [7, 11) is -0.465. The minimum absolute atomic E-state index is 0.156. The zero-order valence-electron chi connectivity index (χ0n) is 16.2. The van der Waals surface area contributed by atoms with Gasteiger partial charge >= 0.3 is 13.2 Å². The monoisotopic (exact) mass is 349 g/mol. The van der Waals surface area contributed by atoms with Crippen molar-refractivity contribution in [2.75, 3.05) is 13.1 Å². The number of hydrogen-bond donors (Lipinski definition) is 0. The first-order chi connectivity index (χ1) is 11.4. The highest BCUT2D eigenvalue weighted by atomic mass is 16.7. The molecule has 0 radical (unpaired) electrons. The molecule has 0 bridgehead atoms. The molecule has 3 rings (SSSR count). The molecule has 0 unspecified atom stereocenters. The second-order valence-electron chi connectivity index (χ2n) is 8.85. The van der Waals surface area contributed by atoms with E-state index in [2.05, 4.69) is 5.10 Å². The average Bonchev–Trinajstić information content (AvgIpc) is 2.89. The summed E-state index contributed by atoms with van der Waals surface area (Å²) in [5, 5.41) is 4.60. The molecule has 0 N–H and O–H groups in total. The van der Waals surface area contributed by atoms with Crippen LogP contribution < -0.4 is 5.59 Å². The Morgan fingerprint density at radius 1 is 1.24 bits per heavy atom. The van der Waals surface area contributed by atoms with E-state index < -0.39 is 12.7 Å². The topological polar surface area (TPSA) is 65.8 Å². The molecule has 25 heavy (non-hydrogen) atoms. The van der Waals surface area contributed by atoms with Crippen LogP contribution >= 0.6 is 0 Å². The second-order valence-corrected chi connectivity index (χ2v) is 8.85. The van der Waals surface area contributed by atoms with Crippen LogP contribution in [0.15, 0.2) is 12.3 Å². The SMILES string of the molecule is CC(C)(C)OC(=O)N1CC(n2ccc(B3OC(C)(C)C(C)(C)O3)n2)C1. The van der Waals surface area contributed by atoms with Crippen LogP contribution in [0.3, 0.4) is 0 Å². The third kappa shape index (κ3) is 3.55. The Hall–Kier alpha value is -1.54. The summed E-state index contributed by atoms with van der Waals surface area (Å²) < 4.78 is 19.3. The van der Waals surface area contributed by atoms with E-state index in [0.29, 0.717) is 13.1 Å². The van der Waals surface area contributed by atoms with Crippen LogP contribution in [0.2, 0.25) is 0 Å². The zero-order chi connectivity index (χ0) is 18.6. The Morgan fingerprint density at radius 3 is 2.32 bits per heavy atom. The lowest BCUT2D eigenvalue weighted by atomic mass is 9.85. The van der Waals surface area contributed by atoms with Gasteiger partial charge < -0.3 is 18.9 Å². The van der Waals surface area contributed by atoms with Gasteiger partial charge in [0.1, 0.15) is 5.60 Å². The smallest absolute Gasteiger partial charge is 0.444 e. The number of aromatic nitrogens is 2. The van der Waals surface area contributed by atoms with Crippen molar-refractivity contribution >= 4 is 18.8 Å². The van der Waals surface area contributed by atoms with Gasteiger partial charge in [-0.1, -0.05) is 0 Å². The Labute approximate surface area is 149 Å². The molecule has 1 aromatic rings. The molecule has 0 atom stereocenters. The summed E-state index contributed by atoms with van der Waals surface area (Å²) in [6.45, 7) is 14.9. The molecule has 0 aromatic carbocycles. The fourth-order valence-corrected chi connectivity index (χ4v) is 2.74. The normalized spacial score (nSPS) is 22.8. The Kier molecular flexibility index (Phi) is 4.19. The molecule has 3 heterocycles. The number of rotatable bonds is 2. The highest BCUT2D eigenvalue weighted by molar-refractivity contribution is 6.61. The second kappa shape index (κ2) is 5.74. The lowest BCUT2D eigenvalue weighted by molar-refractivity contribution is -0.000361. The summed E-state index contributed by atoms with van der Waals surface area (Å²) >= 11 is 0. The first-order valence-electron chi connectivity index (χ1n) is 8.77. The van der Waals surface area contributed by atoms with Gasteiger partial charge in [-0.25, -0.2) is 4.79 Å². The number of hydrogen-bond acceptors (Lipinski definition) is 5. The quantitative estimate of drug-likeness (QED) is 0.764. The van der Waals surface area contributed by atoms with Crippen LogP contribution in [0, 0.1) is 0 Å². The number of amides is 1. The van der Waals surface area contributed by atoms with Gasteiger partial charge in [0, 0.05) is 19.3 Å². The van der Waals surface area contributed by atoms with E-state index in [9.17, 15) is 4.79 Å². The van der Waals surface area contributed by atoms with Gasteiger partial charge in [-0.3, -0.25) is 4.68 Å². The van der Waals surface area contributed by atoms with Crippen molar-refractivity contribution in [1.82, 2.24) is 14.7 Å². The van der Waals surface area contributed by atoms with E-state index in [1.54, 1.807) is 4.90 Å². The maximum absolute atomic E-state index is 12.0. The zero-order valence-corrected chi connectivity index (χ0v) is 16.2. The molecule has 8 heteroatoms. The summed E-state index contributed by atoms with van der Waals surface area (Å²) in [6, 6.07) is 2.07. The average molecular weight is 349 g/mol. The maximum atomic E-state index is 12.0. The molecule has 0 aliphatic carbocycles. The van der Waals surface area contributed by atoms with Crippen molar-refractivity contribution in [2.24, 2.45) is 0 Å². The number of likely N-dealkylation sites (tertiary alicyclic amines) is 1. The van der Waals surface area contributed by atoms with E-state index in [1.807, 2.05) is 65.4 Å². The molecule has 2 fully saturated rings. The molecule has 2 aliphatic heterocycles. The molecule has 138 valence electrons. The third-order valence-electron chi connectivity index (χ3n) is 5.01. The van der Waals surface area contributed by atoms with Crippen LogP contribution in [0.25, 0.3) is 0 Å². The highest BCUT2D eigenvalue weighted by Gasteiger charge is 2.52. The summed E-state index contributed by atoms with van der Waals surface area (Å²) in [4.78, 5) is 13.7. The Balaban J connectivity index is 1.59. The summed E-state index contributed by atoms with van der Waals surface area (Å²) in [5.74, 6) is 0. The van der Waals surface area contributed by atoms with Gasteiger partial charge in [0.05, 0.1) is 22.8 Å². The first kappa shape index (κ1) is 18.3. The van der Waals surface area contributed by atoms with E-state index in [1.165, 1.54) is 0 Å². The van der Waals surface area contributed by atoms with Gasteiger partial charge in [-0.15, -0.1) is 0 Å². The van der Waals surface area contributed by atoms with E-state index in [-0.39, 0.29) is 23.3 Å². The van der Waals surface area contributed by atoms with Crippen LogP contribution in [0.1, 0.15) is 54.5 Å². The number of ether oxygens (including phenoxy) is 1. The highest BCUT2D eigenvalue weighted by Crippen LogP contribution is 2.36. The summed E-state index contributed by atoms with van der Waals surface area (Å²) in [6.07, 6.45) is 1.64. The van der Waals surface area contributed by atoms with Crippen molar-refractivity contribution in [3.8, 4) is 0 Å². The number of nitrogens with zero attached hydrogens (tertiary/aromatic N) is 3. The van der Waals surface area contributed by atoms with Gasteiger partial charge in [0.25, 0.3) is 0 Å². The molecule has 2 saturated heterocycles. The number of carbonyl (C=O) groups excluding carboxylic acids is 1. The van der Waals surface area contributed by atoms with Crippen LogP contribution in [-0.4, -0.2) is 57.8 Å². The van der Waals surface area contributed by atoms with Gasteiger partial charge in [-0.2, -0.15) is 5.10 Å². The van der Waals surface area contributed by atoms with Crippen LogP contribution in [0.4, 0.5) is 4.79 Å². The minimum atomic E-state index is -0.474. The lowest BCUT2D eigenvalue weighted by Gasteiger charge is -2.39. The fourth-order valence-electron chi connectivity index (χ4n) is 2.74. The van der Waals surface area contributed by atoms with Crippen LogP contribution in [0.5, 0.6) is 0 Å². The van der Waals surface area contributed by atoms with Gasteiger partial charge in [-0.05, 0) is 54.5 Å². The van der Waals surface area contributed by atoms with Gasteiger partial charge in [0.15, 0.2) is 0 Å². The molecule has 1 amide bonds. The molecule has 7 nitrogen and oxygen atoms in total. The fraction of sp³-hybridized carbons (Fsp3) is 0.765. The molecular weight excluding hydrogens is 321 g/mol. The first-order valence-corrected chi connectivity index (χ1v) is 8.77. The van der Waals surface area contributed by atoms with Crippen molar-refractivity contribution < 1.29 is 18.8 Å². The molecule has 0 spiro atoms. The molecule has 1 aromatic heterocycles. The lowest BCUT2D eigenvalue weighted by Crippen LogP contribution is -2.52. The van der Waals surface area contributed by atoms with Crippen molar-refractivity contribution in [3.05, 3.63) is 12.3 Å². The third-order valence-corrected chi connectivity index (χ3v) is 5.01. The predicted molar refractivity (Wildman–Crippen MR) is 94.8 cm³/mol. The Morgan fingerprint density at radius 2 is 1.80 bits per heavy atom. The van der Waals surface area contributed by atoms with Crippen LogP contribution in [-0.2, 0) is 14.0 Å². The van der Waals surface area contributed by atoms with Crippen molar-refractivity contribution in [1.29, 1.82) is 0 Å². The van der Waals surface area contributed by atoms with E-state index in [4.69, 9.17) is 14.0 Å². The maximum Gasteiger partial charge on any atom is 0.516 e. The predicted octanol–water partition coefficient (Wildman–Crippen LogP) is 1.97. The standard InChI is InChI=1S/C17H28BN3O4/c1-15(2,3)23-14(22)20-10-12(11-20)21-9-8-13(19-21)18-24-16(4,5)17(6,7)25-18/h8-9,12H,10-11H2,1-7H3. The van der Waals surface area contributed by atoms with E-state index in [0.717, 1.165) is 5.59 Å².